The Balaban J connectivity index is 2.15. The molecule has 0 unspecified atom stereocenters. The Morgan fingerprint density at radius 1 is 1.35 bits per heavy atom. The maximum absolute atomic E-state index is 12.0. The molecule has 0 aliphatic carbocycles. The second-order valence-corrected chi connectivity index (χ2v) is 5.48. The monoisotopic (exact) mass is 397 g/mol. The fraction of sp³-hybridized carbons (Fsp3) is 0.133. The average Bonchev–Trinajstić information content (AvgIpc) is 2.56. The summed E-state index contributed by atoms with van der Waals surface area (Å²) in [6.07, 6.45) is 2.98. The molecule has 0 bridgehead atoms. The van der Waals surface area contributed by atoms with E-state index in [1.54, 1.807) is 38.5 Å². The first-order valence-electron chi connectivity index (χ1n) is 6.42. The number of carbonyl (C=O) groups is 1. The van der Waals surface area contributed by atoms with Gasteiger partial charge in [-0.05, 0) is 40.2 Å². The van der Waals surface area contributed by atoms with Crippen molar-refractivity contribution in [3.05, 3.63) is 51.2 Å². The maximum Gasteiger partial charge on any atom is 0.274 e. The molecular formula is C15H13BrClN3O3. The van der Waals surface area contributed by atoms with Crippen molar-refractivity contribution in [2.24, 2.45) is 5.10 Å². The molecule has 23 heavy (non-hydrogen) atoms. The molecule has 0 saturated carbocycles. The summed E-state index contributed by atoms with van der Waals surface area (Å²) in [7, 11) is 3.09. The number of hydrazone groups is 1. The van der Waals surface area contributed by atoms with E-state index in [0.29, 0.717) is 17.1 Å². The summed E-state index contributed by atoms with van der Waals surface area (Å²) in [6.45, 7) is 0. The minimum atomic E-state index is -0.448. The molecule has 1 aromatic carbocycles. The van der Waals surface area contributed by atoms with Gasteiger partial charge < -0.3 is 9.47 Å². The van der Waals surface area contributed by atoms with Crippen LogP contribution in [0.5, 0.6) is 11.5 Å². The van der Waals surface area contributed by atoms with E-state index in [4.69, 9.17) is 21.1 Å². The van der Waals surface area contributed by atoms with Crippen LogP contribution in [0.2, 0.25) is 5.15 Å². The zero-order valence-corrected chi connectivity index (χ0v) is 14.7. The van der Waals surface area contributed by atoms with E-state index in [1.165, 1.54) is 12.4 Å². The quantitative estimate of drug-likeness (QED) is 0.476. The third-order valence-corrected chi connectivity index (χ3v) is 3.86. The van der Waals surface area contributed by atoms with Crippen LogP contribution in [0.4, 0.5) is 0 Å². The van der Waals surface area contributed by atoms with Gasteiger partial charge in [-0.15, -0.1) is 0 Å². The van der Waals surface area contributed by atoms with Crippen LogP contribution in [-0.2, 0) is 0 Å². The minimum Gasteiger partial charge on any atom is -0.493 e. The second-order valence-electron chi connectivity index (χ2n) is 4.27. The van der Waals surface area contributed by atoms with Crippen molar-refractivity contribution in [3.8, 4) is 11.5 Å². The predicted molar refractivity (Wildman–Crippen MR) is 91.6 cm³/mol. The summed E-state index contributed by atoms with van der Waals surface area (Å²) in [5, 5.41) is 4.03. The van der Waals surface area contributed by atoms with Gasteiger partial charge in [0.1, 0.15) is 5.15 Å². The Bertz CT molecular complexity index is 753. The van der Waals surface area contributed by atoms with Crippen molar-refractivity contribution in [3.63, 3.8) is 0 Å². The summed E-state index contributed by atoms with van der Waals surface area (Å²) < 4.78 is 11.2. The molecule has 0 radical (unpaired) electrons. The molecule has 0 aliphatic heterocycles. The Labute approximate surface area is 146 Å². The molecule has 2 aromatic rings. The number of benzene rings is 1. The lowest BCUT2D eigenvalue weighted by Crippen LogP contribution is -2.18. The molecule has 0 fully saturated rings. The van der Waals surface area contributed by atoms with Gasteiger partial charge in [-0.2, -0.15) is 5.10 Å². The maximum atomic E-state index is 12.0. The van der Waals surface area contributed by atoms with E-state index in [9.17, 15) is 4.79 Å². The van der Waals surface area contributed by atoms with E-state index >= 15 is 0 Å². The standard InChI is InChI=1S/C15H13BrClN3O3/c1-22-12-6-9(11(16)7-13(12)23-2)8-19-20-15(21)10-4-3-5-18-14(10)17/h3-8H,1-2H3,(H,20,21). The van der Waals surface area contributed by atoms with E-state index in [0.717, 1.165) is 4.47 Å². The zero-order valence-electron chi connectivity index (χ0n) is 12.3. The lowest BCUT2D eigenvalue weighted by molar-refractivity contribution is 0.0955. The van der Waals surface area contributed by atoms with E-state index in [2.05, 4.69) is 31.4 Å². The second kappa shape index (κ2) is 7.94. The smallest absolute Gasteiger partial charge is 0.274 e. The normalized spacial score (nSPS) is 10.6. The van der Waals surface area contributed by atoms with E-state index < -0.39 is 5.91 Å². The number of carbonyl (C=O) groups excluding carboxylic acids is 1. The van der Waals surface area contributed by atoms with Crippen molar-refractivity contribution < 1.29 is 14.3 Å². The fourth-order valence-corrected chi connectivity index (χ4v) is 2.37. The first-order chi connectivity index (χ1) is 11.1. The lowest BCUT2D eigenvalue weighted by atomic mass is 10.2. The van der Waals surface area contributed by atoms with Crippen LogP contribution >= 0.6 is 27.5 Å². The van der Waals surface area contributed by atoms with Gasteiger partial charge in [-0.25, -0.2) is 10.4 Å². The number of methoxy groups -OCH3 is 2. The molecule has 2 rings (SSSR count). The van der Waals surface area contributed by atoms with Gasteiger partial charge in [0.25, 0.3) is 5.91 Å². The Morgan fingerprint density at radius 3 is 2.70 bits per heavy atom. The number of nitrogens with one attached hydrogen (secondary N) is 1. The molecule has 0 aliphatic rings. The number of pyridine rings is 1. The molecule has 120 valence electrons. The van der Waals surface area contributed by atoms with Crippen molar-refractivity contribution in [1.29, 1.82) is 0 Å². The summed E-state index contributed by atoms with van der Waals surface area (Å²) in [5.74, 6) is 0.692. The number of hydrogen-bond donors (Lipinski definition) is 1. The summed E-state index contributed by atoms with van der Waals surface area (Å²) >= 11 is 9.26. The van der Waals surface area contributed by atoms with Gasteiger partial charge in [-0.3, -0.25) is 4.79 Å². The third kappa shape index (κ3) is 4.20. The van der Waals surface area contributed by atoms with Crippen LogP contribution in [0.15, 0.2) is 40.0 Å². The van der Waals surface area contributed by atoms with Crippen LogP contribution < -0.4 is 14.9 Å². The molecule has 0 spiro atoms. The lowest BCUT2D eigenvalue weighted by Gasteiger charge is -2.09. The number of ether oxygens (including phenoxy) is 2. The minimum absolute atomic E-state index is 0.118. The molecule has 1 aromatic heterocycles. The highest BCUT2D eigenvalue weighted by Crippen LogP contribution is 2.32. The summed E-state index contributed by atoms with van der Waals surface area (Å²) in [5.41, 5.74) is 3.35. The van der Waals surface area contributed by atoms with Gasteiger partial charge in [0.15, 0.2) is 11.5 Å². The van der Waals surface area contributed by atoms with Crippen LogP contribution in [-0.4, -0.2) is 31.3 Å². The van der Waals surface area contributed by atoms with Crippen LogP contribution in [0.1, 0.15) is 15.9 Å². The van der Waals surface area contributed by atoms with Gasteiger partial charge in [0.05, 0.1) is 26.0 Å². The molecule has 0 atom stereocenters. The highest BCUT2D eigenvalue weighted by molar-refractivity contribution is 9.10. The van der Waals surface area contributed by atoms with Crippen molar-refractivity contribution in [2.45, 2.75) is 0 Å². The fourth-order valence-electron chi connectivity index (χ4n) is 1.74. The number of amides is 1. The van der Waals surface area contributed by atoms with Gasteiger partial charge in [0, 0.05) is 16.2 Å². The van der Waals surface area contributed by atoms with Crippen molar-refractivity contribution in [1.82, 2.24) is 10.4 Å². The van der Waals surface area contributed by atoms with E-state index in [-0.39, 0.29) is 10.7 Å². The third-order valence-electron chi connectivity index (χ3n) is 2.88. The molecule has 6 nitrogen and oxygen atoms in total. The van der Waals surface area contributed by atoms with E-state index in [1.807, 2.05) is 0 Å². The number of halogens is 2. The van der Waals surface area contributed by atoms with Crippen molar-refractivity contribution >= 4 is 39.7 Å². The van der Waals surface area contributed by atoms with Gasteiger partial charge in [0.2, 0.25) is 0 Å². The Hall–Kier alpha value is -2.12. The largest absolute Gasteiger partial charge is 0.493 e. The first-order valence-corrected chi connectivity index (χ1v) is 7.59. The topological polar surface area (TPSA) is 72.8 Å². The van der Waals surface area contributed by atoms with Gasteiger partial charge in [-0.1, -0.05) is 11.6 Å². The molecule has 8 heteroatoms. The number of aromatic nitrogens is 1. The first kappa shape index (κ1) is 17.2. The van der Waals surface area contributed by atoms with Crippen molar-refractivity contribution in [2.75, 3.05) is 14.2 Å². The summed E-state index contributed by atoms with van der Waals surface area (Å²) in [4.78, 5) is 15.8. The Morgan fingerprint density at radius 2 is 2.04 bits per heavy atom. The van der Waals surface area contributed by atoms with Crippen LogP contribution in [0, 0.1) is 0 Å². The molecule has 1 N–H and O–H groups in total. The predicted octanol–water partition coefficient (Wildman–Crippen LogP) is 3.28. The molecule has 1 heterocycles. The van der Waals surface area contributed by atoms with Crippen LogP contribution in [0.3, 0.4) is 0 Å². The highest BCUT2D eigenvalue weighted by Gasteiger charge is 2.10. The highest BCUT2D eigenvalue weighted by atomic mass is 79.9. The number of hydrogen-bond acceptors (Lipinski definition) is 5. The summed E-state index contributed by atoms with van der Waals surface area (Å²) in [6, 6.07) is 6.66. The Kier molecular flexibility index (Phi) is 5.95. The number of rotatable bonds is 5. The molecular weight excluding hydrogens is 386 g/mol. The molecule has 0 saturated heterocycles. The van der Waals surface area contributed by atoms with Gasteiger partial charge >= 0.3 is 0 Å². The SMILES string of the molecule is COc1cc(Br)c(C=NNC(=O)c2cccnc2Cl)cc1OC. The van der Waals surface area contributed by atoms with Crippen LogP contribution in [0.25, 0.3) is 0 Å². The molecule has 1 amide bonds. The zero-order chi connectivity index (χ0) is 16.8. The number of nitrogens with zero attached hydrogens (tertiary/aromatic N) is 2. The average molecular weight is 399 g/mol.